The maximum absolute atomic E-state index is 12.6. The summed E-state index contributed by atoms with van der Waals surface area (Å²) in [4.78, 5) is 14.3. The van der Waals surface area contributed by atoms with E-state index in [2.05, 4.69) is 20.9 Å². The van der Waals surface area contributed by atoms with Crippen molar-refractivity contribution in [1.82, 2.24) is 10.6 Å². The van der Waals surface area contributed by atoms with Gasteiger partial charge in [0.25, 0.3) is 5.69 Å². The fourth-order valence-electron chi connectivity index (χ4n) is 2.05. The Kier molecular flexibility index (Phi) is 4.92. The predicted octanol–water partition coefficient (Wildman–Crippen LogP) is 1.96. The maximum Gasteiger partial charge on any atom is 0.416 e. The second-order valence-corrected chi connectivity index (χ2v) is 5.08. The number of benzene rings is 1. The molecule has 0 amide bonds. The third-order valence-corrected chi connectivity index (χ3v) is 3.16. The van der Waals surface area contributed by atoms with Gasteiger partial charge in [-0.1, -0.05) is 0 Å². The van der Waals surface area contributed by atoms with E-state index in [4.69, 9.17) is 0 Å². The Morgan fingerprint density at radius 1 is 1.39 bits per heavy atom. The largest absolute Gasteiger partial charge is 0.416 e. The highest BCUT2D eigenvalue weighted by Crippen LogP contribution is 2.34. The molecule has 0 saturated heterocycles. The molecule has 7 nitrogen and oxygen atoms in total. The third kappa shape index (κ3) is 4.47. The molecule has 0 radical (unpaired) electrons. The summed E-state index contributed by atoms with van der Waals surface area (Å²) < 4.78 is 37.8. The van der Waals surface area contributed by atoms with Gasteiger partial charge in [-0.05, 0) is 19.1 Å². The zero-order valence-corrected chi connectivity index (χ0v) is 12.3. The van der Waals surface area contributed by atoms with Crippen molar-refractivity contribution >= 4 is 17.3 Å². The number of anilines is 1. The molecule has 0 aromatic heterocycles. The summed E-state index contributed by atoms with van der Waals surface area (Å²) in [6.45, 7) is 3.35. The first-order chi connectivity index (χ1) is 10.8. The lowest BCUT2D eigenvalue weighted by molar-refractivity contribution is -0.384. The number of hydrogen-bond donors (Lipinski definition) is 3. The summed E-state index contributed by atoms with van der Waals surface area (Å²) in [5.41, 5.74) is -1.62. The van der Waals surface area contributed by atoms with Gasteiger partial charge < -0.3 is 16.0 Å². The summed E-state index contributed by atoms with van der Waals surface area (Å²) in [5.74, 6) is 0.640. The molecule has 1 aliphatic heterocycles. The molecule has 1 atom stereocenters. The van der Waals surface area contributed by atoms with Crippen LogP contribution in [0.1, 0.15) is 12.5 Å². The van der Waals surface area contributed by atoms with Crippen LogP contribution in [-0.2, 0) is 6.18 Å². The van der Waals surface area contributed by atoms with Crippen LogP contribution in [0.5, 0.6) is 0 Å². The quantitative estimate of drug-likeness (QED) is 0.436. The first-order valence-corrected chi connectivity index (χ1v) is 6.91. The van der Waals surface area contributed by atoms with Gasteiger partial charge >= 0.3 is 6.18 Å². The minimum Gasteiger partial charge on any atom is -0.378 e. The highest BCUT2D eigenvalue weighted by Gasteiger charge is 2.32. The number of halogens is 3. The van der Waals surface area contributed by atoms with E-state index in [1.807, 2.05) is 6.92 Å². The summed E-state index contributed by atoms with van der Waals surface area (Å²) in [5, 5.41) is 19.8. The third-order valence-electron chi connectivity index (χ3n) is 3.16. The fraction of sp³-hybridized carbons (Fsp3) is 0.462. The lowest BCUT2D eigenvalue weighted by Crippen LogP contribution is -2.39. The summed E-state index contributed by atoms with van der Waals surface area (Å²) >= 11 is 0. The van der Waals surface area contributed by atoms with Gasteiger partial charge in [-0.25, -0.2) is 0 Å². The Morgan fingerprint density at radius 3 is 2.65 bits per heavy atom. The second-order valence-electron chi connectivity index (χ2n) is 5.08. The van der Waals surface area contributed by atoms with Crippen molar-refractivity contribution in [1.29, 1.82) is 0 Å². The normalized spacial score (nSPS) is 17.4. The standard InChI is InChI=1S/C13H16F3N5O2/c1-8-7-19-12(20-8)18-5-4-17-10-3-2-9(13(14,15)16)6-11(10)21(22)23/h2-3,6,8,17H,4-5,7H2,1H3,(H2,18,19,20). The maximum atomic E-state index is 12.6. The van der Waals surface area contributed by atoms with Crippen molar-refractivity contribution < 1.29 is 18.1 Å². The van der Waals surface area contributed by atoms with Crippen LogP contribution in [0.4, 0.5) is 24.5 Å². The van der Waals surface area contributed by atoms with Crippen LogP contribution >= 0.6 is 0 Å². The number of aliphatic imine (C=N–C) groups is 1. The van der Waals surface area contributed by atoms with Crippen LogP contribution in [-0.4, -0.2) is 36.6 Å². The molecular weight excluding hydrogens is 315 g/mol. The Labute approximate surface area is 130 Å². The van der Waals surface area contributed by atoms with Gasteiger partial charge in [0.15, 0.2) is 5.96 Å². The van der Waals surface area contributed by atoms with Crippen molar-refractivity contribution in [3.63, 3.8) is 0 Å². The molecular formula is C13H16F3N5O2. The second kappa shape index (κ2) is 6.71. The number of guanidine groups is 1. The molecule has 0 spiro atoms. The first kappa shape index (κ1) is 16.8. The number of nitrogens with zero attached hydrogens (tertiary/aromatic N) is 2. The summed E-state index contributed by atoms with van der Waals surface area (Å²) in [6, 6.07) is 2.66. The van der Waals surface area contributed by atoms with Gasteiger partial charge in [0.1, 0.15) is 5.69 Å². The minimum atomic E-state index is -4.62. The van der Waals surface area contributed by atoms with Gasteiger partial charge in [0.2, 0.25) is 0 Å². The zero-order chi connectivity index (χ0) is 17.0. The Morgan fingerprint density at radius 2 is 2.09 bits per heavy atom. The van der Waals surface area contributed by atoms with Crippen molar-refractivity contribution in [2.75, 3.05) is 25.0 Å². The van der Waals surface area contributed by atoms with Crippen LogP contribution in [0, 0.1) is 10.1 Å². The molecule has 2 rings (SSSR count). The lowest BCUT2D eigenvalue weighted by atomic mass is 10.1. The minimum absolute atomic E-state index is 0.0412. The van der Waals surface area contributed by atoms with Gasteiger partial charge in [0, 0.05) is 25.2 Å². The molecule has 1 aromatic rings. The average molecular weight is 331 g/mol. The summed E-state index contributed by atoms with van der Waals surface area (Å²) in [6.07, 6.45) is -4.62. The molecule has 0 saturated carbocycles. The molecule has 1 aliphatic rings. The molecule has 1 aromatic carbocycles. The van der Waals surface area contributed by atoms with Crippen LogP contribution in [0.3, 0.4) is 0 Å². The molecule has 0 bridgehead atoms. The zero-order valence-electron chi connectivity index (χ0n) is 12.3. The highest BCUT2D eigenvalue weighted by molar-refractivity contribution is 5.81. The Bertz CT molecular complexity index is 618. The molecule has 126 valence electrons. The van der Waals surface area contributed by atoms with E-state index in [0.717, 1.165) is 12.1 Å². The molecule has 0 aliphatic carbocycles. The van der Waals surface area contributed by atoms with E-state index >= 15 is 0 Å². The Balaban J connectivity index is 1.95. The van der Waals surface area contributed by atoms with Gasteiger partial charge in [0.05, 0.1) is 17.0 Å². The monoisotopic (exact) mass is 331 g/mol. The lowest BCUT2D eigenvalue weighted by Gasteiger charge is -2.12. The molecule has 1 unspecified atom stereocenters. The topological polar surface area (TPSA) is 91.6 Å². The van der Waals surface area contributed by atoms with E-state index < -0.39 is 22.4 Å². The van der Waals surface area contributed by atoms with E-state index in [0.29, 0.717) is 31.7 Å². The summed E-state index contributed by atoms with van der Waals surface area (Å²) in [7, 11) is 0. The number of alkyl halides is 3. The number of nitrogens with one attached hydrogen (secondary N) is 3. The first-order valence-electron chi connectivity index (χ1n) is 6.91. The van der Waals surface area contributed by atoms with Crippen molar-refractivity contribution in [2.45, 2.75) is 19.1 Å². The van der Waals surface area contributed by atoms with Crippen molar-refractivity contribution in [2.24, 2.45) is 4.99 Å². The smallest absolute Gasteiger partial charge is 0.378 e. The van der Waals surface area contributed by atoms with Gasteiger partial charge in [-0.2, -0.15) is 13.2 Å². The molecule has 3 N–H and O–H groups in total. The van der Waals surface area contributed by atoms with Crippen molar-refractivity contribution in [3.05, 3.63) is 33.9 Å². The highest BCUT2D eigenvalue weighted by atomic mass is 19.4. The van der Waals surface area contributed by atoms with Gasteiger partial charge in [-0.3, -0.25) is 15.1 Å². The van der Waals surface area contributed by atoms with Crippen LogP contribution < -0.4 is 16.0 Å². The van der Waals surface area contributed by atoms with E-state index in [9.17, 15) is 23.3 Å². The number of nitro benzene ring substituents is 1. The predicted molar refractivity (Wildman–Crippen MR) is 79.5 cm³/mol. The average Bonchev–Trinajstić information content (AvgIpc) is 2.88. The van der Waals surface area contributed by atoms with E-state index in [1.54, 1.807) is 0 Å². The van der Waals surface area contributed by atoms with Crippen LogP contribution in [0.15, 0.2) is 23.2 Å². The molecule has 1 heterocycles. The number of hydrogen-bond acceptors (Lipinski definition) is 6. The molecule has 10 heteroatoms. The number of rotatable bonds is 5. The van der Waals surface area contributed by atoms with E-state index in [1.165, 1.54) is 0 Å². The number of nitro groups is 1. The van der Waals surface area contributed by atoms with E-state index in [-0.39, 0.29) is 11.7 Å². The molecule has 0 fully saturated rings. The van der Waals surface area contributed by atoms with Crippen LogP contribution in [0.2, 0.25) is 0 Å². The fourth-order valence-corrected chi connectivity index (χ4v) is 2.05. The van der Waals surface area contributed by atoms with Gasteiger partial charge in [-0.15, -0.1) is 0 Å². The SMILES string of the molecule is CC1CN=C(NCCNc2ccc(C(F)(F)F)cc2[N+](=O)[O-])N1. The van der Waals surface area contributed by atoms with Crippen molar-refractivity contribution in [3.8, 4) is 0 Å². The van der Waals surface area contributed by atoms with Crippen LogP contribution in [0.25, 0.3) is 0 Å². The molecule has 23 heavy (non-hydrogen) atoms. The Hall–Kier alpha value is -2.52.